The van der Waals surface area contributed by atoms with Crippen LogP contribution in [0.5, 0.6) is 0 Å². The second kappa shape index (κ2) is 5.32. The van der Waals surface area contributed by atoms with Crippen molar-refractivity contribution in [3.05, 3.63) is 36.4 Å². The molecule has 19 heavy (non-hydrogen) atoms. The maximum Gasteiger partial charge on any atom is 0.147 e. The molecule has 0 unspecified atom stereocenters. The minimum absolute atomic E-state index is 0.878. The lowest BCUT2D eigenvalue weighted by atomic mass is 10.2. The van der Waals surface area contributed by atoms with Crippen LogP contribution in [0.4, 0.5) is 5.82 Å². The summed E-state index contributed by atoms with van der Waals surface area (Å²) in [4.78, 5) is 15.6. The second-order valence-electron chi connectivity index (χ2n) is 4.69. The lowest BCUT2D eigenvalue weighted by molar-refractivity contribution is 0.584. The van der Waals surface area contributed by atoms with Gasteiger partial charge in [-0.2, -0.15) is 0 Å². The van der Waals surface area contributed by atoms with Crippen molar-refractivity contribution in [1.82, 2.24) is 20.3 Å². The lowest BCUT2D eigenvalue weighted by Crippen LogP contribution is -2.43. The highest BCUT2D eigenvalue weighted by atomic mass is 15.2. The number of piperazine rings is 1. The average molecular weight is 255 g/mol. The third kappa shape index (κ3) is 2.71. The number of nitrogens with one attached hydrogen (secondary N) is 1. The quantitative estimate of drug-likeness (QED) is 0.875. The first-order valence-electron chi connectivity index (χ1n) is 6.54. The highest BCUT2D eigenvalue weighted by Crippen LogP contribution is 2.19. The number of hydrogen-bond acceptors (Lipinski definition) is 5. The van der Waals surface area contributed by atoms with Crippen molar-refractivity contribution in [2.24, 2.45) is 0 Å². The Hall–Kier alpha value is -2.01. The second-order valence-corrected chi connectivity index (χ2v) is 4.69. The molecule has 1 fully saturated rings. The highest BCUT2D eigenvalue weighted by molar-refractivity contribution is 5.59. The SMILES string of the molecule is Cc1ccc(-c2cncc(N3CCNCC3)n2)cn1. The van der Waals surface area contributed by atoms with E-state index in [9.17, 15) is 0 Å². The van der Waals surface area contributed by atoms with Crippen LogP contribution in [-0.2, 0) is 0 Å². The van der Waals surface area contributed by atoms with Crippen LogP contribution in [0, 0.1) is 6.92 Å². The van der Waals surface area contributed by atoms with Crippen molar-refractivity contribution in [3.63, 3.8) is 0 Å². The number of aromatic nitrogens is 3. The van der Waals surface area contributed by atoms with Crippen LogP contribution in [-0.4, -0.2) is 41.1 Å². The predicted octanol–water partition coefficient (Wildman–Crippen LogP) is 1.26. The van der Waals surface area contributed by atoms with E-state index in [-0.39, 0.29) is 0 Å². The third-order valence-corrected chi connectivity index (χ3v) is 3.27. The lowest BCUT2D eigenvalue weighted by Gasteiger charge is -2.28. The van der Waals surface area contributed by atoms with E-state index >= 15 is 0 Å². The van der Waals surface area contributed by atoms with Gasteiger partial charge in [-0.15, -0.1) is 0 Å². The Morgan fingerprint density at radius 1 is 1.11 bits per heavy atom. The van der Waals surface area contributed by atoms with Gasteiger partial charge in [-0.3, -0.25) is 9.97 Å². The van der Waals surface area contributed by atoms with Crippen molar-refractivity contribution in [1.29, 1.82) is 0 Å². The average Bonchev–Trinajstić information content (AvgIpc) is 2.49. The van der Waals surface area contributed by atoms with Crippen molar-refractivity contribution in [3.8, 4) is 11.3 Å². The number of hydrogen-bond donors (Lipinski definition) is 1. The Balaban J connectivity index is 1.88. The van der Waals surface area contributed by atoms with E-state index in [1.165, 1.54) is 0 Å². The molecule has 0 atom stereocenters. The first kappa shape index (κ1) is 12.0. The summed E-state index contributed by atoms with van der Waals surface area (Å²) in [6.07, 6.45) is 5.47. The molecule has 1 aliphatic rings. The summed E-state index contributed by atoms with van der Waals surface area (Å²) in [6, 6.07) is 4.03. The van der Waals surface area contributed by atoms with Crippen molar-refractivity contribution >= 4 is 5.82 Å². The van der Waals surface area contributed by atoms with Crippen LogP contribution in [0.1, 0.15) is 5.69 Å². The maximum absolute atomic E-state index is 4.69. The molecule has 0 radical (unpaired) electrons. The topological polar surface area (TPSA) is 53.9 Å². The number of nitrogens with zero attached hydrogens (tertiary/aromatic N) is 4. The van der Waals surface area contributed by atoms with Gasteiger partial charge in [-0.1, -0.05) is 0 Å². The molecule has 0 amide bonds. The molecule has 98 valence electrons. The van der Waals surface area contributed by atoms with Crippen LogP contribution >= 0.6 is 0 Å². The van der Waals surface area contributed by atoms with E-state index in [0.29, 0.717) is 0 Å². The summed E-state index contributed by atoms with van der Waals surface area (Å²) in [5, 5.41) is 3.34. The zero-order chi connectivity index (χ0) is 13.1. The number of pyridine rings is 1. The summed E-state index contributed by atoms with van der Waals surface area (Å²) in [7, 11) is 0. The summed E-state index contributed by atoms with van der Waals surface area (Å²) in [5.41, 5.74) is 2.90. The standard InChI is InChI=1S/C14H17N5/c1-11-2-3-12(8-17-11)13-9-16-10-14(18-13)19-6-4-15-5-7-19/h2-3,8-10,15H,4-7H2,1H3. The molecule has 0 aromatic carbocycles. The van der Waals surface area contributed by atoms with Crippen molar-refractivity contribution < 1.29 is 0 Å². The van der Waals surface area contributed by atoms with Gasteiger partial charge in [0, 0.05) is 43.6 Å². The van der Waals surface area contributed by atoms with E-state index in [1.807, 2.05) is 31.5 Å². The number of rotatable bonds is 2. The molecule has 3 heterocycles. The van der Waals surface area contributed by atoms with Crippen molar-refractivity contribution in [2.45, 2.75) is 6.92 Å². The fourth-order valence-electron chi connectivity index (χ4n) is 2.16. The molecule has 1 saturated heterocycles. The fourth-order valence-corrected chi connectivity index (χ4v) is 2.16. The first-order chi connectivity index (χ1) is 9.33. The summed E-state index contributed by atoms with van der Waals surface area (Å²) in [6.45, 7) is 5.93. The summed E-state index contributed by atoms with van der Waals surface area (Å²) >= 11 is 0. The van der Waals surface area contributed by atoms with Crippen LogP contribution in [0.25, 0.3) is 11.3 Å². The van der Waals surface area contributed by atoms with E-state index < -0.39 is 0 Å². The molecular formula is C14H17N5. The predicted molar refractivity (Wildman–Crippen MR) is 75.1 cm³/mol. The van der Waals surface area contributed by atoms with Gasteiger partial charge in [0.1, 0.15) is 5.82 Å². The van der Waals surface area contributed by atoms with Gasteiger partial charge >= 0.3 is 0 Å². The van der Waals surface area contributed by atoms with Gasteiger partial charge in [0.25, 0.3) is 0 Å². The van der Waals surface area contributed by atoms with Gasteiger partial charge in [-0.25, -0.2) is 4.98 Å². The minimum atomic E-state index is 0.878. The van der Waals surface area contributed by atoms with Gasteiger partial charge in [0.15, 0.2) is 0 Å². The Morgan fingerprint density at radius 2 is 1.95 bits per heavy atom. The molecule has 0 bridgehead atoms. The Labute approximate surface area is 112 Å². The first-order valence-corrected chi connectivity index (χ1v) is 6.54. The van der Waals surface area contributed by atoms with Gasteiger partial charge in [0.2, 0.25) is 0 Å². The van der Waals surface area contributed by atoms with Crippen LogP contribution in [0.15, 0.2) is 30.7 Å². The van der Waals surface area contributed by atoms with E-state index in [0.717, 1.165) is 48.9 Å². The van der Waals surface area contributed by atoms with Crippen molar-refractivity contribution in [2.75, 3.05) is 31.1 Å². The Kier molecular flexibility index (Phi) is 3.37. The van der Waals surface area contributed by atoms with Gasteiger partial charge in [0.05, 0.1) is 18.1 Å². The van der Waals surface area contributed by atoms with E-state index in [4.69, 9.17) is 4.98 Å². The molecule has 0 aliphatic carbocycles. The molecule has 1 N–H and O–H groups in total. The van der Waals surface area contributed by atoms with Gasteiger partial charge in [-0.05, 0) is 19.1 Å². The molecule has 5 heteroatoms. The molecular weight excluding hydrogens is 238 g/mol. The molecule has 5 nitrogen and oxygen atoms in total. The molecule has 0 saturated carbocycles. The number of anilines is 1. The van der Waals surface area contributed by atoms with Crippen LogP contribution < -0.4 is 10.2 Å². The highest BCUT2D eigenvalue weighted by Gasteiger charge is 2.12. The van der Waals surface area contributed by atoms with Crippen LogP contribution in [0.3, 0.4) is 0 Å². The van der Waals surface area contributed by atoms with Crippen LogP contribution in [0.2, 0.25) is 0 Å². The normalized spacial score (nSPS) is 15.5. The molecule has 1 aliphatic heterocycles. The van der Waals surface area contributed by atoms with E-state index in [2.05, 4.69) is 20.2 Å². The molecule has 0 spiro atoms. The molecule has 3 rings (SSSR count). The number of aryl methyl sites for hydroxylation is 1. The van der Waals surface area contributed by atoms with E-state index in [1.54, 1.807) is 6.20 Å². The molecule has 2 aromatic rings. The maximum atomic E-state index is 4.69. The Morgan fingerprint density at radius 3 is 2.68 bits per heavy atom. The minimum Gasteiger partial charge on any atom is -0.353 e. The van der Waals surface area contributed by atoms with Gasteiger partial charge < -0.3 is 10.2 Å². The fraction of sp³-hybridized carbons (Fsp3) is 0.357. The Bertz CT molecular complexity index is 546. The molecule has 2 aromatic heterocycles. The monoisotopic (exact) mass is 255 g/mol. The smallest absolute Gasteiger partial charge is 0.147 e. The third-order valence-electron chi connectivity index (χ3n) is 3.27. The largest absolute Gasteiger partial charge is 0.353 e. The zero-order valence-electron chi connectivity index (χ0n) is 11.0. The zero-order valence-corrected chi connectivity index (χ0v) is 11.0. The summed E-state index contributed by atoms with van der Waals surface area (Å²) in [5.74, 6) is 0.944. The summed E-state index contributed by atoms with van der Waals surface area (Å²) < 4.78 is 0.